The van der Waals surface area contributed by atoms with Crippen LogP contribution in [0.1, 0.15) is 30.2 Å². The van der Waals surface area contributed by atoms with Crippen LogP contribution in [0.25, 0.3) is 0 Å². The summed E-state index contributed by atoms with van der Waals surface area (Å²) in [6, 6.07) is 13.5. The summed E-state index contributed by atoms with van der Waals surface area (Å²) in [5.41, 5.74) is -0.106. The number of nitrogens with zero attached hydrogens (tertiary/aromatic N) is 1. The topological polar surface area (TPSA) is 82.4 Å². The maximum Gasteiger partial charge on any atom is 0.314 e. The van der Waals surface area contributed by atoms with Gasteiger partial charge in [-0.3, -0.25) is 4.79 Å². The van der Waals surface area contributed by atoms with Crippen molar-refractivity contribution in [1.29, 1.82) is 5.26 Å². The van der Waals surface area contributed by atoms with E-state index < -0.39 is 23.5 Å². The van der Waals surface area contributed by atoms with Gasteiger partial charge in [0, 0.05) is 21.6 Å². The number of nitrogens with one attached hydrogen (secondary N) is 1. The van der Waals surface area contributed by atoms with Gasteiger partial charge in [0.1, 0.15) is 11.6 Å². The molecule has 0 saturated carbocycles. The lowest BCUT2D eigenvalue weighted by Gasteiger charge is -2.42. The summed E-state index contributed by atoms with van der Waals surface area (Å²) >= 11 is 8.81. The second kappa shape index (κ2) is 9.23. The SMILES string of the molecule is CCOC(=O)C1C(c2cccs2)C(C#N)=C(SCc2ccc(Cl)cc2)NC1(C)O. The third-order valence-corrected chi connectivity index (χ3v) is 6.96. The van der Waals surface area contributed by atoms with E-state index in [1.54, 1.807) is 13.8 Å². The monoisotopic (exact) mass is 448 g/mol. The number of carbonyl (C=O) groups excluding carboxylic acids is 1. The standard InChI is InChI=1S/C21H21ClN2O3S2/c1-3-27-20(25)18-17(16-5-4-10-28-16)15(11-23)19(24-21(18,2)26)29-12-13-6-8-14(22)9-7-13/h4-10,17-18,24,26H,3,12H2,1-2H3. The van der Waals surface area contributed by atoms with Crippen LogP contribution in [0.5, 0.6) is 0 Å². The van der Waals surface area contributed by atoms with Crippen LogP contribution in [0.4, 0.5) is 0 Å². The fourth-order valence-electron chi connectivity index (χ4n) is 3.35. The Kier molecular flexibility index (Phi) is 6.91. The van der Waals surface area contributed by atoms with Crippen molar-refractivity contribution < 1.29 is 14.6 Å². The predicted molar refractivity (Wildman–Crippen MR) is 116 cm³/mol. The molecule has 1 aliphatic rings. The normalized spacial score (nSPS) is 24.0. The Balaban J connectivity index is 2.00. The van der Waals surface area contributed by atoms with Gasteiger partial charge in [-0.1, -0.05) is 29.8 Å². The number of rotatable bonds is 6. The van der Waals surface area contributed by atoms with E-state index in [0.717, 1.165) is 10.4 Å². The van der Waals surface area contributed by atoms with Crippen LogP contribution in [0, 0.1) is 17.2 Å². The van der Waals surface area contributed by atoms with Crippen molar-refractivity contribution in [1.82, 2.24) is 5.32 Å². The summed E-state index contributed by atoms with van der Waals surface area (Å²) in [7, 11) is 0. The molecule has 29 heavy (non-hydrogen) atoms. The van der Waals surface area contributed by atoms with Gasteiger partial charge in [-0.05, 0) is 43.0 Å². The van der Waals surface area contributed by atoms with Gasteiger partial charge in [-0.25, -0.2) is 0 Å². The Labute approximate surface area is 183 Å². The van der Waals surface area contributed by atoms with E-state index in [9.17, 15) is 15.2 Å². The molecule has 3 unspecified atom stereocenters. The van der Waals surface area contributed by atoms with E-state index in [1.807, 2.05) is 41.8 Å². The van der Waals surface area contributed by atoms with Crippen molar-refractivity contribution >= 4 is 40.7 Å². The van der Waals surface area contributed by atoms with Gasteiger partial charge < -0.3 is 15.2 Å². The van der Waals surface area contributed by atoms with Crippen LogP contribution in [-0.2, 0) is 15.3 Å². The summed E-state index contributed by atoms with van der Waals surface area (Å²) in [5, 5.41) is 27.2. The fourth-order valence-corrected chi connectivity index (χ4v) is 5.46. The highest BCUT2D eigenvalue weighted by molar-refractivity contribution is 8.02. The number of aliphatic hydroxyl groups is 1. The summed E-state index contributed by atoms with van der Waals surface area (Å²) in [6.45, 7) is 3.47. The number of ether oxygens (including phenoxy) is 1. The average Bonchev–Trinajstić information content (AvgIpc) is 3.21. The second-order valence-electron chi connectivity index (χ2n) is 6.77. The molecule has 1 aromatic heterocycles. The number of nitriles is 1. The van der Waals surface area contributed by atoms with Crippen LogP contribution < -0.4 is 5.32 Å². The lowest BCUT2D eigenvalue weighted by Crippen LogP contribution is -2.56. The van der Waals surface area contributed by atoms with Gasteiger partial charge in [0.05, 0.1) is 23.3 Å². The molecular formula is C21H21ClN2O3S2. The zero-order valence-electron chi connectivity index (χ0n) is 16.0. The number of allylic oxidation sites excluding steroid dienone is 1. The molecule has 5 nitrogen and oxygen atoms in total. The number of carbonyl (C=O) groups is 1. The zero-order valence-corrected chi connectivity index (χ0v) is 18.4. The molecule has 0 aliphatic carbocycles. The van der Waals surface area contributed by atoms with E-state index >= 15 is 0 Å². The van der Waals surface area contributed by atoms with E-state index in [1.165, 1.54) is 23.1 Å². The quantitative estimate of drug-likeness (QED) is 0.626. The van der Waals surface area contributed by atoms with Gasteiger partial charge in [-0.15, -0.1) is 23.1 Å². The molecule has 0 saturated heterocycles. The minimum Gasteiger partial charge on any atom is -0.466 e. The first-order valence-corrected chi connectivity index (χ1v) is 11.3. The molecule has 0 spiro atoms. The smallest absolute Gasteiger partial charge is 0.314 e. The van der Waals surface area contributed by atoms with Gasteiger partial charge in [0.2, 0.25) is 0 Å². The van der Waals surface area contributed by atoms with Crippen molar-refractivity contribution in [2.24, 2.45) is 5.92 Å². The van der Waals surface area contributed by atoms with Crippen molar-refractivity contribution in [3.63, 3.8) is 0 Å². The van der Waals surface area contributed by atoms with Crippen LogP contribution in [0.15, 0.2) is 52.4 Å². The summed E-state index contributed by atoms with van der Waals surface area (Å²) in [6.07, 6.45) is 0. The number of hydrogen-bond donors (Lipinski definition) is 2. The third-order valence-electron chi connectivity index (χ3n) is 4.67. The molecule has 0 fully saturated rings. The third kappa shape index (κ3) is 4.78. The first-order valence-electron chi connectivity index (χ1n) is 9.09. The maximum atomic E-state index is 12.7. The van der Waals surface area contributed by atoms with Crippen molar-refractivity contribution in [3.05, 3.63) is 67.8 Å². The van der Waals surface area contributed by atoms with E-state index in [0.29, 0.717) is 21.4 Å². The fraction of sp³-hybridized carbons (Fsp3) is 0.333. The Morgan fingerprint density at radius 1 is 1.41 bits per heavy atom. The highest BCUT2D eigenvalue weighted by atomic mass is 35.5. The van der Waals surface area contributed by atoms with Crippen LogP contribution in [-0.4, -0.2) is 23.4 Å². The highest BCUT2D eigenvalue weighted by Gasteiger charge is 2.51. The average molecular weight is 449 g/mol. The Bertz CT molecular complexity index is 934. The molecule has 8 heteroatoms. The molecule has 1 aliphatic heterocycles. The molecule has 0 bridgehead atoms. The molecule has 3 rings (SSSR count). The lowest BCUT2D eigenvalue weighted by atomic mass is 9.76. The van der Waals surface area contributed by atoms with Gasteiger partial charge in [0.25, 0.3) is 0 Å². The number of halogens is 1. The molecule has 152 valence electrons. The van der Waals surface area contributed by atoms with Crippen molar-refractivity contribution in [2.75, 3.05) is 6.61 Å². The summed E-state index contributed by atoms with van der Waals surface area (Å²) < 4.78 is 5.23. The summed E-state index contributed by atoms with van der Waals surface area (Å²) in [4.78, 5) is 13.6. The summed E-state index contributed by atoms with van der Waals surface area (Å²) in [5.74, 6) is -1.46. The van der Waals surface area contributed by atoms with Gasteiger partial charge >= 0.3 is 5.97 Å². The van der Waals surface area contributed by atoms with Gasteiger partial charge in [0.15, 0.2) is 0 Å². The molecule has 2 aromatic rings. The zero-order chi connectivity index (χ0) is 21.0. The first-order chi connectivity index (χ1) is 13.9. The number of thioether (sulfide) groups is 1. The number of thiophene rings is 1. The molecule has 3 atom stereocenters. The molecule has 0 amide bonds. The van der Waals surface area contributed by atoms with Crippen molar-refractivity contribution in [2.45, 2.75) is 31.2 Å². The molecule has 1 aromatic carbocycles. The maximum absolute atomic E-state index is 12.7. The lowest BCUT2D eigenvalue weighted by molar-refractivity contribution is -0.160. The Hall–Kier alpha value is -1.98. The minimum atomic E-state index is -1.57. The first kappa shape index (κ1) is 21.7. The number of hydrogen-bond acceptors (Lipinski definition) is 7. The number of esters is 1. The van der Waals surface area contributed by atoms with E-state index in [-0.39, 0.29) is 6.61 Å². The molecule has 2 heterocycles. The van der Waals surface area contributed by atoms with E-state index in [4.69, 9.17) is 16.3 Å². The molecular weight excluding hydrogens is 428 g/mol. The number of benzene rings is 1. The Morgan fingerprint density at radius 2 is 2.14 bits per heavy atom. The van der Waals surface area contributed by atoms with Crippen LogP contribution >= 0.6 is 34.7 Å². The highest BCUT2D eigenvalue weighted by Crippen LogP contribution is 2.46. The van der Waals surface area contributed by atoms with Crippen molar-refractivity contribution in [3.8, 4) is 6.07 Å². The van der Waals surface area contributed by atoms with Gasteiger partial charge in [-0.2, -0.15) is 5.26 Å². The van der Waals surface area contributed by atoms with Crippen LogP contribution in [0.2, 0.25) is 5.02 Å². The minimum absolute atomic E-state index is 0.201. The largest absolute Gasteiger partial charge is 0.466 e. The van der Waals surface area contributed by atoms with E-state index in [2.05, 4.69) is 11.4 Å². The molecule has 0 radical (unpaired) electrons. The predicted octanol–water partition coefficient (Wildman–Crippen LogP) is 4.64. The Morgan fingerprint density at radius 3 is 2.72 bits per heavy atom. The second-order valence-corrected chi connectivity index (χ2v) is 9.17. The van der Waals surface area contributed by atoms with Crippen LogP contribution in [0.3, 0.4) is 0 Å². The molecule has 2 N–H and O–H groups in total.